The standard InChI is InChI=1S/C25H34O6/c1-14(26)30-21-17-4-10-24-19(22(17,2)8-6-18(21)27)7-9-23(3)16(5-11-25(23,24)31-24)15-12-20(28)29-13-15/h12,16-19,21,27H,4-11,13H2,1-3H3/t16-,17+,18+,19+,21-,22+,23-,24+,25-/m1/s1. The Hall–Kier alpha value is -1.40. The highest BCUT2D eigenvalue weighted by atomic mass is 16.6. The van der Waals surface area contributed by atoms with Crippen molar-refractivity contribution in [2.24, 2.45) is 28.6 Å². The van der Waals surface area contributed by atoms with Crippen molar-refractivity contribution < 1.29 is 28.9 Å². The molecule has 0 aromatic rings. The van der Waals surface area contributed by atoms with Gasteiger partial charge >= 0.3 is 11.9 Å². The maximum absolute atomic E-state index is 11.8. The second-order valence-electron chi connectivity index (χ2n) is 11.6. The number of aliphatic hydroxyl groups is 1. The predicted octanol–water partition coefficient (Wildman–Crippen LogP) is 3.31. The quantitative estimate of drug-likeness (QED) is 0.534. The summed E-state index contributed by atoms with van der Waals surface area (Å²) in [5.74, 6) is 0.453. The van der Waals surface area contributed by atoms with E-state index in [0.29, 0.717) is 24.9 Å². The molecule has 31 heavy (non-hydrogen) atoms. The summed E-state index contributed by atoms with van der Waals surface area (Å²) in [4.78, 5) is 23.5. The van der Waals surface area contributed by atoms with Gasteiger partial charge < -0.3 is 19.3 Å². The van der Waals surface area contributed by atoms with Crippen LogP contribution >= 0.6 is 0 Å². The van der Waals surface area contributed by atoms with Crippen LogP contribution in [0.4, 0.5) is 0 Å². The normalized spacial score (nSPS) is 54.6. The zero-order chi connectivity index (χ0) is 21.8. The Morgan fingerprint density at radius 2 is 1.94 bits per heavy atom. The second kappa shape index (κ2) is 6.13. The van der Waals surface area contributed by atoms with E-state index in [2.05, 4.69) is 13.8 Å². The first-order valence-corrected chi connectivity index (χ1v) is 12.1. The maximum Gasteiger partial charge on any atom is 0.331 e. The third kappa shape index (κ3) is 2.31. The van der Waals surface area contributed by atoms with Crippen LogP contribution in [0.15, 0.2) is 11.6 Å². The first-order chi connectivity index (χ1) is 14.7. The molecule has 0 radical (unpaired) electrons. The van der Waals surface area contributed by atoms with E-state index in [1.807, 2.05) is 0 Å². The maximum atomic E-state index is 11.8. The van der Waals surface area contributed by atoms with E-state index in [-0.39, 0.29) is 39.9 Å². The van der Waals surface area contributed by atoms with Crippen LogP contribution in [0.25, 0.3) is 0 Å². The lowest BCUT2D eigenvalue weighted by molar-refractivity contribution is -0.188. The summed E-state index contributed by atoms with van der Waals surface area (Å²) >= 11 is 0. The summed E-state index contributed by atoms with van der Waals surface area (Å²) in [6.07, 6.45) is 8.56. The number of carbonyl (C=O) groups is 2. The van der Waals surface area contributed by atoms with Crippen molar-refractivity contribution in [3.05, 3.63) is 11.6 Å². The highest BCUT2D eigenvalue weighted by Crippen LogP contribution is 2.81. The molecular formula is C25H34O6. The summed E-state index contributed by atoms with van der Waals surface area (Å²) in [5, 5.41) is 10.7. The van der Waals surface area contributed by atoms with Gasteiger partial charge in [-0.05, 0) is 74.2 Å². The van der Waals surface area contributed by atoms with Crippen molar-refractivity contribution in [1.29, 1.82) is 0 Å². The molecule has 0 aromatic carbocycles. The van der Waals surface area contributed by atoms with Crippen LogP contribution in [0, 0.1) is 28.6 Å². The summed E-state index contributed by atoms with van der Waals surface area (Å²) in [6, 6.07) is 0. The molecule has 170 valence electrons. The molecule has 6 heteroatoms. The molecule has 6 aliphatic rings. The molecule has 1 N–H and O–H groups in total. The van der Waals surface area contributed by atoms with Gasteiger partial charge in [-0.2, -0.15) is 0 Å². The van der Waals surface area contributed by atoms with E-state index < -0.39 is 12.2 Å². The monoisotopic (exact) mass is 430 g/mol. The lowest BCUT2D eigenvalue weighted by atomic mass is 9.44. The molecule has 9 atom stereocenters. The molecule has 6 rings (SSSR count). The lowest BCUT2D eigenvalue weighted by Crippen LogP contribution is -2.62. The zero-order valence-electron chi connectivity index (χ0n) is 18.8. The average molecular weight is 431 g/mol. The summed E-state index contributed by atoms with van der Waals surface area (Å²) in [7, 11) is 0. The molecule has 4 aliphatic carbocycles. The highest BCUT2D eigenvalue weighted by molar-refractivity contribution is 5.85. The number of epoxide rings is 1. The second-order valence-corrected chi connectivity index (χ2v) is 11.6. The molecule has 2 heterocycles. The van der Waals surface area contributed by atoms with E-state index in [1.54, 1.807) is 6.08 Å². The molecular weight excluding hydrogens is 396 g/mol. The van der Waals surface area contributed by atoms with Crippen molar-refractivity contribution in [2.75, 3.05) is 6.61 Å². The van der Waals surface area contributed by atoms with E-state index >= 15 is 0 Å². The Morgan fingerprint density at radius 1 is 1.13 bits per heavy atom. The smallest absolute Gasteiger partial charge is 0.331 e. The molecule has 4 saturated carbocycles. The van der Waals surface area contributed by atoms with Gasteiger partial charge in [0.1, 0.15) is 23.9 Å². The van der Waals surface area contributed by atoms with Crippen molar-refractivity contribution >= 4 is 11.9 Å². The molecule has 2 aliphatic heterocycles. The summed E-state index contributed by atoms with van der Waals surface area (Å²) < 4.78 is 17.9. The number of hydrogen-bond acceptors (Lipinski definition) is 6. The van der Waals surface area contributed by atoms with Gasteiger partial charge in [0.2, 0.25) is 0 Å². The van der Waals surface area contributed by atoms with Gasteiger partial charge in [-0.15, -0.1) is 0 Å². The van der Waals surface area contributed by atoms with Gasteiger partial charge in [-0.1, -0.05) is 13.8 Å². The van der Waals surface area contributed by atoms with Crippen molar-refractivity contribution in [3.63, 3.8) is 0 Å². The number of cyclic esters (lactones) is 1. The molecule has 6 nitrogen and oxygen atoms in total. The van der Waals surface area contributed by atoms with Crippen LogP contribution in [0.1, 0.15) is 72.1 Å². The number of rotatable bonds is 2. The Labute approximate surface area is 183 Å². The fourth-order valence-electron chi connectivity index (χ4n) is 9.36. The van der Waals surface area contributed by atoms with E-state index in [1.165, 1.54) is 6.92 Å². The Kier molecular flexibility index (Phi) is 4.00. The van der Waals surface area contributed by atoms with E-state index in [0.717, 1.165) is 50.5 Å². The van der Waals surface area contributed by atoms with Gasteiger partial charge in [0, 0.05) is 24.3 Å². The van der Waals surface area contributed by atoms with Crippen molar-refractivity contribution in [1.82, 2.24) is 0 Å². The summed E-state index contributed by atoms with van der Waals surface area (Å²) in [5.41, 5.74) is 0.986. The number of aliphatic hydroxyl groups excluding tert-OH is 1. The predicted molar refractivity (Wildman–Crippen MR) is 111 cm³/mol. The Balaban J connectivity index is 1.33. The highest BCUT2D eigenvalue weighted by Gasteiger charge is 2.86. The lowest BCUT2D eigenvalue weighted by Gasteiger charge is -2.59. The van der Waals surface area contributed by atoms with Gasteiger partial charge in [0.25, 0.3) is 0 Å². The minimum Gasteiger partial charge on any atom is -0.459 e. The first kappa shape index (κ1) is 20.2. The van der Waals surface area contributed by atoms with Crippen LogP contribution in [-0.4, -0.2) is 47.1 Å². The third-order valence-corrected chi connectivity index (χ3v) is 10.6. The minimum atomic E-state index is -0.568. The molecule has 2 spiro atoms. The fraction of sp³-hybridized carbons (Fsp3) is 0.840. The third-order valence-electron chi connectivity index (χ3n) is 10.6. The van der Waals surface area contributed by atoms with Crippen LogP contribution in [0.5, 0.6) is 0 Å². The SMILES string of the molecule is CC(=O)O[C@H]1[C@@H](O)CC[C@@]2(C)[C@H]1CC[C@@]13O[C@@]14CC[C@H](C1=CC(=O)OC1)[C@@]4(C)CC[C@@H]23. The number of esters is 2. The molecule has 0 unspecified atom stereocenters. The molecule has 0 amide bonds. The molecule has 0 bridgehead atoms. The van der Waals surface area contributed by atoms with Crippen LogP contribution in [0.2, 0.25) is 0 Å². The molecule has 0 aromatic heterocycles. The van der Waals surface area contributed by atoms with Crippen LogP contribution < -0.4 is 0 Å². The first-order valence-electron chi connectivity index (χ1n) is 12.1. The number of hydrogen-bond donors (Lipinski definition) is 1. The summed E-state index contributed by atoms with van der Waals surface area (Å²) in [6.45, 7) is 6.63. The van der Waals surface area contributed by atoms with Crippen LogP contribution in [-0.2, 0) is 23.8 Å². The largest absolute Gasteiger partial charge is 0.459 e. The van der Waals surface area contributed by atoms with E-state index in [4.69, 9.17) is 14.2 Å². The zero-order valence-corrected chi connectivity index (χ0v) is 18.8. The number of carbonyl (C=O) groups excluding carboxylic acids is 2. The van der Waals surface area contributed by atoms with E-state index in [9.17, 15) is 14.7 Å². The Morgan fingerprint density at radius 3 is 2.65 bits per heavy atom. The molecule has 5 fully saturated rings. The van der Waals surface area contributed by atoms with Gasteiger partial charge in [-0.3, -0.25) is 4.79 Å². The van der Waals surface area contributed by atoms with Gasteiger partial charge in [-0.25, -0.2) is 4.79 Å². The van der Waals surface area contributed by atoms with Gasteiger partial charge in [0.05, 0.1) is 6.10 Å². The number of ether oxygens (including phenoxy) is 3. The van der Waals surface area contributed by atoms with Crippen LogP contribution in [0.3, 0.4) is 0 Å². The average Bonchev–Trinajstić information content (AvgIpc) is 3.01. The van der Waals surface area contributed by atoms with Gasteiger partial charge in [0.15, 0.2) is 0 Å². The van der Waals surface area contributed by atoms with Crippen molar-refractivity contribution in [2.45, 2.75) is 95.5 Å². The number of fused-ring (bicyclic) bond motifs is 2. The van der Waals surface area contributed by atoms with Crippen molar-refractivity contribution in [3.8, 4) is 0 Å². The Bertz CT molecular complexity index is 881. The topological polar surface area (TPSA) is 85.4 Å². The fourth-order valence-corrected chi connectivity index (χ4v) is 9.36. The minimum absolute atomic E-state index is 0.00617. The molecule has 1 saturated heterocycles.